The monoisotopic (exact) mass is 779 g/mol. The molecule has 0 saturated carbocycles. The van der Waals surface area contributed by atoms with E-state index in [2.05, 4.69) is 140 Å². The summed E-state index contributed by atoms with van der Waals surface area (Å²) in [7, 11) is 0. The van der Waals surface area contributed by atoms with E-state index in [9.17, 15) is 0 Å². The molecule has 0 N–H and O–H groups in total. The van der Waals surface area contributed by atoms with Crippen molar-refractivity contribution in [3.63, 3.8) is 0 Å². The first kappa shape index (κ1) is 32.7. The van der Waals surface area contributed by atoms with Gasteiger partial charge in [0.25, 0.3) is 0 Å². The quantitative estimate of drug-likeness (QED) is 0.175. The van der Waals surface area contributed by atoms with Gasteiger partial charge in [-0.1, -0.05) is 140 Å². The number of rotatable bonds is 5. The number of benzene rings is 8. The van der Waals surface area contributed by atoms with Gasteiger partial charge >= 0.3 is 0 Å². The lowest BCUT2D eigenvalue weighted by atomic mass is 9.92. The highest BCUT2D eigenvalue weighted by atomic mass is 32.1. The molecule has 0 fully saturated rings. The second-order valence-corrected chi connectivity index (χ2v) is 17.5. The average Bonchev–Trinajstić information content (AvgIpc) is 3.98. The molecule has 0 atom stereocenters. The molecular formula is C51H29N3S3. The standard InChI is InChI=1S/C51H29N3S3/c1-3-14-30(15-4-1)49-52-50(31-16-5-2-6-17-31)54-51(53-49)39-24-12-22-35-34-21-11-23-36(47(34)57-48(35)39)40-28-32(29-44-46(40)38-19-8-10-26-42(38)56-44)33-20-13-27-43-45(33)37-18-7-9-25-41(37)55-43/h1-29H. The molecule has 4 heterocycles. The van der Waals surface area contributed by atoms with Crippen LogP contribution in [-0.4, -0.2) is 15.0 Å². The van der Waals surface area contributed by atoms with Crippen LogP contribution in [0, 0.1) is 0 Å². The van der Waals surface area contributed by atoms with Gasteiger partial charge in [0.15, 0.2) is 17.5 Å². The molecule has 0 radical (unpaired) electrons. The molecule has 0 spiro atoms. The van der Waals surface area contributed by atoms with Crippen molar-refractivity contribution in [1.82, 2.24) is 15.0 Å². The predicted molar refractivity (Wildman–Crippen MR) is 246 cm³/mol. The zero-order chi connectivity index (χ0) is 37.5. The molecule has 0 aliphatic rings. The maximum absolute atomic E-state index is 5.14. The van der Waals surface area contributed by atoms with Crippen molar-refractivity contribution in [2.24, 2.45) is 0 Å². The van der Waals surface area contributed by atoms with Gasteiger partial charge in [0.2, 0.25) is 0 Å². The van der Waals surface area contributed by atoms with Crippen LogP contribution in [-0.2, 0) is 0 Å². The molecule has 3 nitrogen and oxygen atoms in total. The molecule has 0 saturated heterocycles. The maximum Gasteiger partial charge on any atom is 0.165 e. The van der Waals surface area contributed by atoms with Crippen LogP contribution in [0.5, 0.6) is 0 Å². The molecule has 12 aromatic rings. The van der Waals surface area contributed by atoms with Crippen molar-refractivity contribution >= 4 is 94.5 Å². The van der Waals surface area contributed by atoms with Crippen molar-refractivity contribution in [2.45, 2.75) is 0 Å². The highest BCUT2D eigenvalue weighted by Gasteiger charge is 2.21. The van der Waals surface area contributed by atoms with E-state index in [4.69, 9.17) is 15.0 Å². The number of thiophene rings is 3. The van der Waals surface area contributed by atoms with Crippen molar-refractivity contribution in [3.8, 4) is 56.4 Å². The third-order valence-electron chi connectivity index (χ3n) is 10.9. The molecule has 12 rings (SSSR count). The van der Waals surface area contributed by atoms with Crippen molar-refractivity contribution in [3.05, 3.63) is 176 Å². The van der Waals surface area contributed by atoms with E-state index in [-0.39, 0.29) is 0 Å². The average molecular weight is 780 g/mol. The first-order chi connectivity index (χ1) is 28.2. The molecule has 266 valence electrons. The van der Waals surface area contributed by atoms with Gasteiger partial charge in [-0.3, -0.25) is 0 Å². The molecule has 8 aromatic carbocycles. The Balaban J connectivity index is 1.12. The van der Waals surface area contributed by atoms with Crippen LogP contribution in [0.4, 0.5) is 0 Å². The highest BCUT2D eigenvalue weighted by Crippen LogP contribution is 2.49. The lowest BCUT2D eigenvalue weighted by molar-refractivity contribution is 1.08. The lowest BCUT2D eigenvalue weighted by Crippen LogP contribution is -2.00. The molecule has 0 amide bonds. The zero-order valence-corrected chi connectivity index (χ0v) is 32.8. The van der Waals surface area contributed by atoms with Crippen LogP contribution in [0.15, 0.2) is 176 Å². The minimum absolute atomic E-state index is 0.662. The second kappa shape index (κ2) is 13.0. The van der Waals surface area contributed by atoms with Gasteiger partial charge in [-0.15, -0.1) is 34.0 Å². The molecule has 4 aromatic heterocycles. The fourth-order valence-electron chi connectivity index (χ4n) is 8.37. The van der Waals surface area contributed by atoms with Crippen LogP contribution in [0.1, 0.15) is 0 Å². The summed E-state index contributed by atoms with van der Waals surface area (Å²) < 4.78 is 7.66. The molecule has 0 aliphatic heterocycles. The fourth-order valence-corrected chi connectivity index (χ4v) is 12.0. The van der Waals surface area contributed by atoms with Crippen LogP contribution in [0.2, 0.25) is 0 Å². The summed E-state index contributed by atoms with van der Waals surface area (Å²) in [5, 5.41) is 7.69. The molecule has 0 bridgehead atoms. The topological polar surface area (TPSA) is 38.7 Å². The van der Waals surface area contributed by atoms with Crippen molar-refractivity contribution in [1.29, 1.82) is 0 Å². The van der Waals surface area contributed by atoms with E-state index in [0.29, 0.717) is 17.5 Å². The number of fused-ring (bicyclic) bond motifs is 9. The minimum Gasteiger partial charge on any atom is -0.208 e. The van der Waals surface area contributed by atoms with Gasteiger partial charge in [0.1, 0.15) is 0 Å². The fraction of sp³-hybridized carbons (Fsp3) is 0. The summed E-state index contributed by atoms with van der Waals surface area (Å²) in [5.41, 5.74) is 7.94. The molecular weight excluding hydrogens is 751 g/mol. The highest BCUT2D eigenvalue weighted by molar-refractivity contribution is 7.27. The summed E-state index contributed by atoms with van der Waals surface area (Å²) in [6, 6.07) is 63.0. The molecule has 0 unspecified atom stereocenters. The Kier molecular flexibility index (Phi) is 7.45. The van der Waals surface area contributed by atoms with E-state index < -0.39 is 0 Å². The summed E-state index contributed by atoms with van der Waals surface area (Å²) in [4.78, 5) is 15.3. The summed E-state index contributed by atoms with van der Waals surface area (Å²) >= 11 is 5.59. The number of nitrogens with zero attached hydrogens (tertiary/aromatic N) is 3. The first-order valence-corrected chi connectivity index (χ1v) is 21.4. The smallest absolute Gasteiger partial charge is 0.165 e. The third kappa shape index (κ3) is 5.26. The summed E-state index contributed by atoms with van der Waals surface area (Å²) in [6.45, 7) is 0. The van der Waals surface area contributed by atoms with Gasteiger partial charge in [-0.25, -0.2) is 15.0 Å². The Morgan fingerprint density at radius 3 is 1.42 bits per heavy atom. The Morgan fingerprint density at radius 1 is 0.281 bits per heavy atom. The van der Waals surface area contributed by atoms with Crippen molar-refractivity contribution in [2.75, 3.05) is 0 Å². The third-order valence-corrected chi connectivity index (χ3v) is 14.5. The maximum atomic E-state index is 5.14. The van der Waals surface area contributed by atoms with Gasteiger partial charge in [0.05, 0.1) is 0 Å². The number of hydrogen-bond donors (Lipinski definition) is 0. The number of aromatic nitrogens is 3. The van der Waals surface area contributed by atoms with Gasteiger partial charge in [-0.2, -0.15) is 0 Å². The van der Waals surface area contributed by atoms with E-state index in [1.54, 1.807) is 0 Å². The lowest BCUT2D eigenvalue weighted by Gasteiger charge is -2.12. The Labute approximate surface area is 339 Å². The SMILES string of the molecule is c1ccc(-c2nc(-c3ccccc3)nc(-c3cccc4c3sc3c(-c5cc(-c6cccc7sc8ccccc8c67)cc6sc7ccccc7c56)cccc34)n2)cc1. The van der Waals surface area contributed by atoms with E-state index in [1.165, 1.54) is 82.8 Å². The minimum atomic E-state index is 0.662. The van der Waals surface area contributed by atoms with Crippen LogP contribution in [0.3, 0.4) is 0 Å². The molecule has 57 heavy (non-hydrogen) atoms. The zero-order valence-electron chi connectivity index (χ0n) is 30.3. The van der Waals surface area contributed by atoms with E-state index >= 15 is 0 Å². The predicted octanol–water partition coefficient (Wildman–Crippen LogP) is 15.3. The summed E-state index contributed by atoms with van der Waals surface area (Å²) in [5.74, 6) is 2.00. The van der Waals surface area contributed by atoms with E-state index in [0.717, 1.165) is 16.7 Å². The van der Waals surface area contributed by atoms with Crippen molar-refractivity contribution < 1.29 is 0 Å². The van der Waals surface area contributed by atoms with Gasteiger partial charge < -0.3 is 0 Å². The Bertz CT molecular complexity index is 3470. The molecule has 0 aliphatic carbocycles. The van der Waals surface area contributed by atoms with E-state index in [1.807, 2.05) is 70.4 Å². The Morgan fingerprint density at radius 2 is 0.754 bits per heavy atom. The normalized spacial score (nSPS) is 11.9. The van der Waals surface area contributed by atoms with Crippen LogP contribution < -0.4 is 0 Å². The van der Waals surface area contributed by atoms with Gasteiger partial charge in [-0.05, 0) is 53.1 Å². The largest absolute Gasteiger partial charge is 0.208 e. The molecule has 6 heteroatoms. The first-order valence-electron chi connectivity index (χ1n) is 18.9. The van der Waals surface area contributed by atoms with Gasteiger partial charge in [0, 0.05) is 82.8 Å². The summed E-state index contributed by atoms with van der Waals surface area (Å²) in [6.07, 6.45) is 0. The Hall–Kier alpha value is -6.57. The van der Waals surface area contributed by atoms with Crippen LogP contribution in [0.25, 0.3) is 117 Å². The number of hydrogen-bond acceptors (Lipinski definition) is 6. The second-order valence-electron chi connectivity index (χ2n) is 14.3. The van der Waals surface area contributed by atoms with Crippen LogP contribution >= 0.6 is 34.0 Å².